The molecule has 0 aliphatic heterocycles. The Kier molecular flexibility index (Phi) is 8.24. The Balaban J connectivity index is 1.64. The van der Waals surface area contributed by atoms with Gasteiger partial charge in [0.15, 0.2) is 11.5 Å². The molecule has 0 bridgehead atoms. The number of carbonyl (C=O) groups excluding carboxylic acids is 3. The molecule has 0 aliphatic carbocycles. The van der Waals surface area contributed by atoms with Crippen LogP contribution in [0.25, 0.3) is 0 Å². The lowest BCUT2D eigenvalue weighted by Gasteiger charge is -2.10. The van der Waals surface area contributed by atoms with Crippen molar-refractivity contribution in [3.05, 3.63) is 92.4 Å². The second kappa shape index (κ2) is 11.5. The van der Waals surface area contributed by atoms with Crippen LogP contribution in [0.1, 0.15) is 15.9 Å². The van der Waals surface area contributed by atoms with Crippen LogP contribution in [0.4, 0.5) is 11.4 Å². The first-order valence-corrected chi connectivity index (χ1v) is 10.6. The normalized spacial score (nSPS) is 10.5. The third kappa shape index (κ3) is 6.71. The second-order valence-corrected chi connectivity index (χ2v) is 7.65. The van der Waals surface area contributed by atoms with E-state index in [1.54, 1.807) is 24.3 Å². The summed E-state index contributed by atoms with van der Waals surface area (Å²) in [4.78, 5) is 46.8. The van der Waals surface area contributed by atoms with Crippen LogP contribution in [-0.2, 0) is 9.59 Å². The van der Waals surface area contributed by atoms with Gasteiger partial charge in [0.1, 0.15) is 5.56 Å². The number of ether oxygens (including phenoxy) is 2. The summed E-state index contributed by atoms with van der Waals surface area (Å²) in [7, 11) is 1.34. The van der Waals surface area contributed by atoms with Gasteiger partial charge >= 0.3 is 17.8 Å². The fraction of sp³-hybridized carbons (Fsp3) is 0.0435. The van der Waals surface area contributed by atoms with E-state index < -0.39 is 22.7 Å². The van der Waals surface area contributed by atoms with E-state index in [1.165, 1.54) is 55.8 Å². The number of benzene rings is 3. The van der Waals surface area contributed by atoms with Crippen LogP contribution >= 0.6 is 15.9 Å². The number of carbonyl (C=O) groups is 3. The Morgan fingerprint density at radius 3 is 2.40 bits per heavy atom. The van der Waals surface area contributed by atoms with Crippen LogP contribution in [0.15, 0.2) is 76.3 Å². The number of nitrogens with one attached hydrogen (secondary N) is 2. The van der Waals surface area contributed by atoms with E-state index in [0.29, 0.717) is 11.3 Å². The largest absolute Gasteiger partial charge is 0.493 e. The van der Waals surface area contributed by atoms with Gasteiger partial charge in [-0.3, -0.25) is 19.7 Å². The zero-order valence-corrected chi connectivity index (χ0v) is 19.6. The number of hydrogen-bond donors (Lipinski definition) is 2. The minimum absolute atomic E-state index is 0.0192. The van der Waals surface area contributed by atoms with Crippen LogP contribution in [0, 0.1) is 10.1 Å². The molecule has 3 aromatic rings. The third-order valence-electron chi connectivity index (χ3n) is 4.40. The molecule has 11 nitrogen and oxygen atoms in total. The molecule has 0 atom stereocenters. The van der Waals surface area contributed by atoms with Gasteiger partial charge in [-0.15, -0.1) is 0 Å². The average molecular weight is 541 g/mol. The Labute approximate surface area is 207 Å². The van der Waals surface area contributed by atoms with Crippen molar-refractivity contribution in [3.8, 4) is 11.5 Å². The molecule has 12 heteroatoms. The van der Waals surface area contributed by atoms with Gasteiger partial charge in [-0.1, -0.05) is 28.1 Å². The zero-order chi connectivity index (χ0) is 25.4. The van der Waals surface area contributed by atoms with Crippen molar-refractivity contribution >= 4 is 51.3 Å². The van der Waals surface area contributed by atoms with Crippen LogP contribution in [-0.4, -0.2) is 36.0 Å². The molecule has 0 unspecified atom stereocenters. The maximum absolute atomic E-state index is 12.5. The van der Waals surface area contributed by atoms with Crippen molar-refractivity contribution < 1.29 is 28.8 Å². The molecule has 0 radical (unpaired) electrons. The number of hydrogen-bond acceptors (Lipinski definition) is 8. The predicted molar refractivity (Wildman–Crippen MR) is 130 cm³/mol. The zero-order valence-electron chi connectivity index (χ0n) is 18.1. The molecule has 0 aliphatic rings. The topological polar surface area (TPSA) is 149 Å². The number of anilines is 1. The average Bonchev–Trinajstić information content (AvgIpc) is 2.85. The van der Waals surface area contributed by atoms with Crippen molar-refractivity contribution in [2.24, 2.45) is 5.10 Å². The number of esters is 1. The standard InChI is InChI=1S/C23H17BrN4O7/c1-34-20-12-14(13-25-27-22(30)21(29)26-16-9-7-15(24)8-10-16)6-11-19(20)35-23(31)17-4-2-3-5-18(17)28(32)33/h2-13H,1H3,(H,26,29)(H,27,30)/b25-13+. The van der Waals surface area contributed by atoms with E-state index in [4.69, 9.17) is 9.47 Å². The van der Waals surface area contributed by atoms with Crippen LogP contribution in [0.5, 0.6) is 11.5 Å². The highest BCUT2D eigenvalue weighted by Crippen LogP contribution is 2.29. The lowest BCUT2D eigenvalue weighted by atomic mass is 10.2. The number of para-hydroxylation sites is 1. The molecular formula is C23H17BrN4O7. The van der Waals surface area contributed by atoms with Gasteiger partial charge in [-0.2, -0.15) is 5.10 Å². The monoisotopic (exact) mass is 540 g/mol. The first-order chi connectivity index (χ1) is 16.8. The minimum Gasteiger partial charge on any atom is -0.493 e. The molecule has 2 amide bonds. The predicted octanol–water partition coefficient (Wildman–Crippen LogP) is 3.67. The van der Waals surface area contributed by atoms with E-state index in [-0.39, 0.29) is 22.7 Å². The van der Waals surface area contributed by atoms with E-state index in [0.717, 1.165) is 4.47 Å². The summed E-state index contributed by atoms with van der Waals surface area (Å²) in [6.45, 7) is 0. The smallest absolute Gasteiger partial charge is 0.350 e. The highest BCUT2D eigenvalue weighted by molar-refractivity contribution is 9.10. The second-order valence-electron chi connectivity index (χ2n) is 6.73. The highest BCUT2D eigenvalue weighted by atomic mass is 79.9. The number of nitro benzene ring substituents is 1. The fourth-order valence-corrected chi connectivity index (χ4v) is 3.01. The van der Waals surface area contributed by atoms with Crippen LogP contribution in [0.2, 0.25) is 0 Å². The highest BCUT2D eigenvalue weighted by Gasteiger charge is 2.22. The number of methoxy groups -OCH3 is 1. The number of nitrogens with zero attached hydrogens (tertiary/aromatic N) is 2. The quantitative estimate of drug-likeness (QED) is 0.116. The maximum Gasteiger partial charge on any atom is 0.350 e. The molecular weight excluding hydrogens is 524 g/mol. The molecule has 178 valence electrons. The first kappa shape index (κ1) is 25.1. The summed E-state index contributed by atoms with van der Waals surface area (Å²) in [5.74, 6) is -2.66. The van der Waals surface area contributed by atoms with Gasteiger partial charge in [-0.05, 0) is 54.1 Å². The van der Waals surface area contributed by atoms with E-state index in [9.17, 15) is 24.5 Å². The van der Waals surface area contributed by atoms with Crippen LogP contribution < -0.4 is 20.2 Å². The van der Waals surface area contributed by atoms with Gasteiger partial charge in [-0.25, -0.2) is 10.2 Å². The molecule has 2 N–H and O–H groups in total. The number of amides is 2. The van der Waals surface area contributed by atoms with Gasteiger partial charge in [0, 0.05) is 16.2 Å². The first-order valence-electron chi connectivity index (χ1n) is 9.82. The van der Waals surface area contributed by atoms with E-state index >= 15 is 0 Å². The molecule has 0 fully saturated rings. The molecule has 35 heavy (non-hydrogen) atoms. The van der Waals surface area contributed by atoms with Gasteiger partial charge < -0.3 is 14.8 Å². The molecule has 0 spiro atoms. The van der Waals surface area contributed by atoms with Crippen LogP contribution in [0.3, 0.4) is 0 Å². The minimum atomic E-state index is -0.980. The number of hydrazone groups is 1. The summed E-state index contributed by atoms with van der Waals surface area (Å²) in [6.07, 6.45) is 1.25. The number of rotatable bonds is 7. The van der Waals surface area contributed by atoms with Crippen molar-refractivity contribution in [3.63, 3.8) is 0 Å². The fourth-order valence-electron chi connectivity index (χ4n) is 2.75. The molecule has 0 heterocycles. The van der Waals surface area contributed by atoms with Crippen molar-refractivity contribution in [1.29, 1.82) is 0 Å². The summed E-state index contributed by atoms with van der Waals surface area (Å²) in [5, 5.41) is 17.3. The lowest BCUT2D eigenvalue weighted by molar-refractivity contribution is -0.385. The van der Waals surface area contributed by atoms with E-state index in [2.05, 4.69) is 31.8 Å². The molecule has 3 aromatic carbocycles. The Morgan fingerprint density at radius 2 is 1.71 bits per heavy atom. The summed E-state index contributed by atoms with van der Waals surface area (Å²) < 4.78 is 11.3. The third-order valence-corrected chi connectivity index (χ3v) is 4.93. The number of halogens is 1. The molecule has 0 aromatic heterocycles. The van der Waals surface area contributed by atoms with E-state index in [1.807, 2.05) is 0 Å². The maximum atomic E-state index is 12.5. The SMILES string of the molecule is COc1cc(/C=N/NC(=O)C(=O)Nc2ccc(Br)cc2)ccc1OC(=O)c1ccccc1[N+](=O)[O-]. The molecule has 0 saturated carbocycles. The molecule has 3 rings (SSSR count). The summed E-state index contributed by atoms with van der Waals surface area (Å²) >= 11 is 3.27. The number of nitro groups is 1. The molecule has 0 saturated heterocycles. The van der Waals surface area contributed by atoms with Gasteiger partial charge in [0.25, 0.3) is 5.69 Å². The van der Waals surface area contributed by atoms with Crippen molar-refractivity contribution in [2.75, 3.05) is 12.4 Å². The Hall–Kier alpha value is -4.58. The summed E-state index contributed by atoms with van der Waals surface area (Å²) in [6, 6.07) is 16.4. The van der Waals surface area contributed by atoms with Crippen molar-refractivity contribution in [2.45, 2.75) is 0 Å². The Bertz CT molecular complexity index is 1310. The van der Waals surface area contributed by atoms with Crippen molar-refractivity contribution in [1.82, 2.24) is 5.43 Å². The Morgan fingerprint density at radius 1 is 1.00 bits per heavy atom. The summed E-state index contributed by atoms with van der Waals surface area (Å²) in [5.41, 5.74) is 2.39. The lowest BCUT2D eigenvalue weighted by Crippen LogP contribution is -2.32. The van der Waals surface area contributed by atoms with Gasteiger partial charge in [0.2, 0.25) is 0 Å². The van der Waals surface area contributed by atoms with Gasteiger partial charge in [0.05, 0.1) is 18.2 Å².